The van der Waals surface area contributed by atoms with Crippen LogP contribution in [0.1, 0.15) is 43.6 Å². The molecule has 3 aromatic rings. The summed E-state index contributed by atoms with van der Waals surface area (Å²) in [4.78, 5) is 40.4. The van der Waals surface area contributed by atoms with Gasteiger partial charge in [0.25, 0.3) is 11.8 Å². The van der Waals surface area contributed by atoms with Crippen LogP contribution in [0.2, 0.25) is 0 Å². The summed E-state index contributed by atoms with van der Waals surface area (Å²) in [5.74, 6) is -0.821. The fraction of sp³-hybridized carbons (Fsp3) is 0.296. The van der Waals surface area contributed by atoms with Crippen LogP contribution in [0.15, 0.2) is 59.5 Å². The van der Waals surface area contributed by atoms with Gasteiger partial charge in [-0.15, -0.1) is 11.3 Å². The van der Waals surface area contributed by atoms with Crippen molar-refractivity contribution in [2.45, 2.75) is 31.3 Å². The maximum absolute atomic E-state index is 13.1. The van der Waals surface area contributed by atoms with Crippen molar-refractivity contribution in [3.8, 4) is 0 Å². The van der Waals surface area contributed by atoms with E-state index in [2.05, 4.69) is 10.6 Å². The maximum Gasteiger partial charge on any atom is 0.410 e. The maximum atomic E-state index is 13.1. The molecule has 12 heteroatoms. The molecule has 1 aliphatic heterocycles. The average molecular weight is 571 g/mol. The van der Waals surface area contributed by atoms with Gasteiger partial charge in [0.15, 0.2) is 0 Å². The SMILES string of the molecule is CCOC(=O)N1CCc2c(sc(NC(=O)c3ccc(S(=O)(=O)N(C)Cc4ccccc4)cc3)c2C(=O)NC)C1. The van der Waals surface area contributed by atoms with Crippen LogP contribution < -0.4 is 10.6 Å². The number of fused-ring (bicyclic) bond motifs is 1. The minimum absolute atomic E-state index is 0.0641. The standard InChI is InChI=1S/C27H30N4O6S2/c1-4-37-27(34)31-15-14-21-22(17-31)38-26(23(21)25(33)28-2)29-24(32)19-10-12-20(13-11-19)39(35,36)30(3)16-18-8-6-5-7-9-18/h5-13H,4,14-17H2,1-3H3,(H,28,33)(H,29,32). The molecule has 0 spiro atoms. The van der Waals surface area contributed by atoms with Gasteiger partial charge < -0.3 is 20.3 Å². The second-order valence-corrected chi connectivity index (χ2v) is 12.0. The average Bonchev–Trinajstić information content (AvgIpc) is 3.30. The molecule has 0 atom stereocenters. The van der Waals surface area contributed by atoms with Gasteiger partial charge in [0.1, 0.15) is 5.00 Å². The highest BCUT2D eigenvalue weighted by Crippen LogP contribution is 2.37. The van der Waals surface area contributed by atoms with Gasteiger partial charge in [-0.3, -0.25) is 9.59 Å². The molecule has 0 saturated carbocycles. The zero-order valence-electron chi connectivity index (χ0n) is 21.9. The van der Waals surface area contributed by atoms with E-state index in [1.807, 2.05) is 30.3 Å². The molecule has 4 rings (SSSR count). The van der Waals surface area contributed by atoms with E-state index >= 15 is 0 Å². The lowest BCUT2D eigenvalue weighted by atomic mass is 10.0. The summed E-state index contributed by atoms with van der Waals surface area (Å²) in [6.07, 6.45) is 0.0277. The third kappa shape index (κ3) is 6.13. The summed E-state index contributed by atoms with van der Waals surface area (Å²) in [5, 5.41) is 5.79. The Balaban J connectivity index is 1.52. The van der Waals surface area contributed by atoms with Gasteiger partial charge >= 0.3 is 6.09 Å². The van der Waals surface area contributed by atoms with Crippen molar-refractivity contribution in [1.29, 1.82) is 0 Å². The number of nitrogens with one attached hydrogen (secondary N) is 2. The van der Waals surface area contributed by atoms with Crippen LogP contribution in [0, 0.1) is 0 Å². The van der Waals surface area contributed by atoms with Gasteiger partial charge in [0.05, 0.1) is 23.6 Å². The number of rotatable bonds is 8. The Hall–Kier alpha value is -3.74. The van der Waals surface area contributed by atoms with Crippen molar-refractivity contribution < 1.29 is 27.5 Å². The summed E-state index contributed by atoms with van der Waals surface area (Å²) >= 11 is 1.24. The number of thiophene rings is 1. The van der Waals surface area contributed by atoms with Crippen molar-refractivity contribution >= 4 is 44.3 Å². The number of nitrogens with zero attached hydrogens (tertiary/aromatic N) is 2. The van der Waals surface area contributed by atoms with Crippen molar-refractivity contribution in [1.82, 2.24) is 14.5 Å². The lowest BCUT2D eigenvalue weighted by Crippen LogP contribution is -2.36. The highest BCUT2D eigenvalue weighted by atomic mass is 32.2. The van der Waals surface area contributed by atoms with Crippen molar-refractivity contribution in [2.75, 3.05) is 32.6 Å². The number of benzene rings is 2. The molecular weight excluding hydrogens is 540 g/mol. The number of carbonyl (C=O) groups excluding carboxylic acids is 3. The molecule has 39 heavy (non-hydrogen) atoms. The van der Waals surface area contributed by atoms with Crippen LogP contribution >= 0.6 is 11.3 Å². The van der Waals surface area contributed by atoms with Gasteiger partial charge in [-0.1, -0.05) is 30.3 Å². The molecule has 206 valence electrons. The Morgan fingerprint density at radius 1 is 1.05 bits per heavy atom. The zero-order chi connectivity index (χ0) is 28.2. The highest BCUT2D eigenvalue weighted by molar-refractivity contribution is 7.89. The Morgan fingerprint density at radius 3 is 2.38 bits per heavy atom. The third-order valence-electron chi connectivity index (χ3n) is 6.34. The van der Waals surface area contributed by atoms with E-state index in [9.17, 15) is 22.8 Å². The molecule has 2 aromatic carbocycles. The predicted molar refractivity (Wildman–Crippen MR) is 148 cm³/mol. The fourth-order valence-corrected chi connectivity index (χ4v) is 6.70. The fourth-order valence-electron chi connectivity index (χ4n) is 4.29. The molecule has 0 fully saturated rings. The number of sulfonamides is 1. The molecule has 10 nitrogen and oxygen atoms in total. The van der Waals surface area contributed by atoms with E-state index in [-0.39, 0.29) is 36.1 Å². The minimum Gasteiger partial charge on any atom is -0.450 e. The van der Waals surface area contributed by atoms with Crippen molar-refractivity contribution in [2.24, 2.45) is 0 Å². The first-order valence-corrected chi connectivity index (χ1v) is 14.6. The molecule has 1 aliphatic rings. The highest BCUT2D eigenvalue weighted by Gasteiger charge is 2.31. The second-order valence-electron chi connectivity index (χ2n) is 8.88. The number of amides is 3. The monoisotopic (exact) mass is 570 g/mol. The molecule has 0 saturated heterocycles. The first-order chi connectivity index (χ1) is 18.6. The molecule has 2 heterocycles. The van der Waals surface area contributed by atoms with Crippen molar-refractivity contribution in [3.05, 3.63) is 81.7 Å². The van der Waals surface area contributed by atoms with Crippen LogP contribution in [0.3, 0.4) is 0 Å². The topological polar surface area (TPSA) is 125 Å². The van der Waals surface area contributed by atoms with E-state index in [0.717, 1.165) is 16.0 Å². The Bertz CT molecular complexity index is 1470. The number of carbonyl (C=O) groups is 3. The summed E-state index contributed by atoms with van der Waals surface area (Å²) < 4.78 is 32.4. The number of hydrogen-bond donors (Lipinski definition) is 2. The molecule has 0 radical (unpaired) electrons. The molecule has 0 aliphatic carbocycles. The number of hydrogen-bond acceptors (Lipinski definition) is 7. The van der Waals surface area contributed by atoms with Crippen LogP contribution in [-0.2, 0) is 34.3 Å². The summed E-state index contributed by atoms with van der Waals surface area (Å²) in [7, 11) is -0.752. The molecular formula is C27H30N4O6S2. The van der Waals surface area contributed by atoms with Crippen molar-refractivity contribution in [3.63, 3.8) is 0 Å². The largest absolute Gasteiger partial charge is 0.450 e. The van der Waals surface area contributed by atoms with Gasteiger partial charge in [0, 0.05) is 37.6 Å². The lowest BCUT2D eigenvalue weighted by molar-refractivity contribution is 0.0961. The summed E-state index contributed by atoms with van der Waals surface area (Å²) in [6, 6.07) is 14.9. The van der Waals surface area contributed by atoms with E-state index in [1.54, 1.807) is 11.8 Å². The Morgan fingerprint density at radius 2 is 1.74 bits per heavy atom. The van der Waals surface area contributed by atoms with E-state index in [1.165, 1.54) is 54.0 Å². The van der Waals surface area contributed by atoms with Gasteiger partial charge in [0.2, 0.25) is 10.0 Å². The van der Waals surface area contributed by atoms with E-state index in [0.29, 0.717) is 23.5 Å². The zero-order valence-corrected chi connectivity index (χ0v) is 23.5. The van der Waals surface area contributed by atoms with Gasteiger partial charge in [-0.25, -0.2) is 13.2 Å². The third-order valence-corrected chi connectivity index (χ3v) is 9.29. The first-order valence-electron chi connectivity index (χ1n) is 12.4. The quantitative estimate of drug-likeness (QED) is 0.426. The summed E-state index contributed by atoms with van der Waals surface area (Å²) in [5.41, 5.74) is 2.26. The van der Waals surface area contributed by atoms with E-state index < -0.39 is 22.0 Å². The van der Waals surface area contributed by atoms with Crippen LogP contribution in [0.25, 0.3) is 0 Å². The van der Waals surface area contributed by atoms with Crippen LogP contribution in [0.4, 0.5) is 9.80 Å². The number of ether oxygens (including phenoxy) is 1. The van der Waals surface area contributed by atoms with Crippen LogP contribution in [-0.4, -0.2) is 62.8 Å². The molecule has 0 bridgehead atoms. The van der Waals surface area contributed by atoms with E-state index in [4.69, 9.17) is 4.74 Å². The molecule has 0 unspecified atom stereocenters. The normalized spacial score (nSPS) is 13.1. The van der Waals surface area contributed by atoms with Gasteiger partial charge in [-0.2, -0.15) is 4.31 Å². The van der Waals surface area contributed by atoms with Crippen LogP contribution in [0.5, 0.6) is 0 Å². The predicted octanol–water partition coefficient (Wildman–Crippen LogP) is 3.70. The Labute approximate surface area is 231 Å². The van der Waals surface area contributed by atoms with Gasteiger partial charge in [-0.05, 0) is 48.7 Å². The molecule has 3 amide bonds. The molecule has 2 N–H and O–H groups in total. The summed E-state index contributed by atoms with van der Waals surface area (Å²) in [6.45, 7) is 2.89. The number of anilines is 1. The first kappa shape index (κ1) is 28.3. The smallest absolute Gasteiger partial charge is 0.410 e. The minimum atomic E-state index is -3.77. The second kappa shape index (κ2) is 12.0. The Kier molecular flexibility index (Phi) is 8.68. The lowest BCUT2D eigenvalue weighted by Gasteiger charge is -2.26. The molecule has 1 aromatic heterocycles.